The van der Waals surface area contributed by atoms with Crippen LogP contribution in [0, 0.1) is 25.2 Å². The molecule has 2 aromatic rings. The number of aromatic nitrogens is 1. The molecular weight excluding hydrogens is 312 g/mol. The number of nitrogens with zero attached hydrogens (tertiary/aromatic N) is 3. The first-order valence-corrected chi connectivity index (χ1v) is 8.76. The molecule has 130 valence electrons. The lowest BCUT2D eigenvalue weighted by molar-refractivity contribution is -0.117. The van der Waals surface area contributed by atoms with Gasteiger partial charge >= 0.3 is 0 Å². The van der Waals surface area contributed by atoms with Crippen LogP contribution in [0.25, 0.3) is 0 Å². The third-order valence-electron chi connectivity index (χ3n) is 4.95. The molecule has 5 nitrogen and oxygen atoms in total. The average Bonchev–Trinajstić information content (AvgIpc) is 3.19. The van der Waals surface area contributed by atoms with E-state index in [-0.39, 0.29) is 5.91 Å². The first kappa shape index (κ1) is 17.2. The molecule has 0 bridgehead atoms. The Bertz CT molecular complexity index is 795. The van der Waals surface area contributed by atoms with Crippen molar-refractivity contribution in [3.63, 3.8) is 0 Å². The number of benzene rings is 1. The number of hydrogen-bond acceptors (Lipinski definition) is 3. The van der Waals surface area contributed by atoms with Crippen LogP contribution >= 0.6 is 0 Å². The molecule has 1 N–H and O–H groups in total. The lowest BCUT2D eigenvalue weighted by Crippen LogP contribution is -2.31. The van der Waals surface area contributed by atoms with E-state index >= 15 is 0 Å². The van der Waals surface area contributed by atoms with Gasteiger partial charge in [0.2, 0.25) is 5.91 Å². The summed E-state index contributed by atoms with van der Waals surface area (Å²) >= 11 is 0. The summed E-state index contributed by atoms with van der Waals surface area (Å²) in [5.74, 6) is 0.566. The van der Waals surface area contributed by atoms with E-state index in [1.807, 2.05) is 36.6 Å². The molecule has 0 radical (unpaired) electrons. The van der Waals surface area contributed by atoms with Gasteiger partial charge in [-0.25, -0.2) is 0 Å². The highest BCUT2D eigenvalue weighted by atomic mass is 16.2. The molecule has 5 heteroatoms. The Morgan fingerprint density at radius 1 is 1.20 bits per heavy atom. The van der Waals surface area contributed by atoms with Crippen LogP contribution in [0.4, 0.5) is 5.82 Å². The predicted octanol–water partition coefficient (Wildman–Crippen LogP) is 3.06. The minimum Gasteiger partial charge on any atom is -0.326 e. The Morgan fingerprint density at radius 2 is 1.88 bits per heavy atom. The van der Waals surface area contributed by atoms with Gasteiger partial charge in [0.1, 0.15) is 11.9 Å². The van der Waals surface area contributed by atoms with E-state index in [0.717, 1.165) is 42.8 Å². The molecule has 1 saturated heterocycles. The monoisotopic (exact) mass is 336 g/mol. The average molecular weight is 336 g/mol. The highest BCUT2D eigenvalue weighted by molar-refractivity contribution is 5.93. The molecule has 0 atom stereocenters. The molecule has 1 aromatic heterocycles. The van der Waals surface area contributed by atoms with E-state index in [2.05, 4.69) is 28.4 Å². The summed E-state index contributed by atoms with van der Waals surface area (Å²) in [5, 5.41) is 12.6. The van der Waals surface area contributed by atoms with E-state index in [4.69, 9.17) is 0 Å². The molecule has 0 unspecified atom stereocenters. The van der Waals surface area contributed by atoms with Gasteiger partial charge in [-0.05, 0) is 50.9 Å². The molecule has 0 aliphatic carbocycles. The van der Waals surface area contributed by atoms with Gasteiger partial charge in [-0.15, -0.1) is 0 Å². The third kappa shape index (κ3) is 3.75. The zero-order valence-corrected chi connectivity index (χ0v) is 14.9. The SMILES string of the molecule is Cc1c(C#N)c(NC(=O)CN2CCCC2)n(Cc2ccccc2)c1C. The van der Waals surface area contributed by atoms with Crippen molar-refractivity contribution >= 4 is 11.7 Å². The number of hydrogen-bond donors (Lipinski definition) is 1. The molecule has 1 aliphatic heterocycles. The van der Waals surface area contributed by atoms with E-state index in [9.17, 15) is 10.1 Å². The lowest BCUT2D eigenvalue weighted by atomic mass is 10.2. The zero-order valence-electron chi connectivity index (χ0n) is 14.9. The minimum atomic E-state index is -0.0507. The first-order chi connectivity index (χ1) is 12.1. The van der Waals surface area contributed by atoms with Gasteiger partial charge < -0.3 is 9.88 Å². The molecule has 1 aliphatic rings. The molecule has 0 saturated carbocycles. The van der Waals surface area contributed by atoms with E-state index in [1.165, 1.54) is 0 Å². The largest absolute Gasteiger partial charge is 0.326 e. The minimum absolute atomic E-state index is 0.0507. The number of anilines is 1. The van der Waals surface area contributed by atoms with Crippen LogP contribution in [-0.2, 0) is 11.3 Å². The highest BCUT2D eigenvalue weighted by Crippen LogP contribution is 2.27. The van der Waals surface area contributed by atoms with E-state index < -0.39 is 0 Å². The quantitative estimate of drug-likeness (QED) is 0.913. The van der Waals surface area contributed by atoms with Crippen LogP contribution in [0.3, 0.4) is 0 Å². The molecule has 0 spiro atoms. The van der Waals surface area contributed by atoms with Crippen LogP contribution < -0.4 is 5.32 Å². The third-order valence-corrected chi connectivity index (χ3v) is 4.95. The normalized spacial score (nSPS) is 14.4. The maximum Gasteiger partial charge on any atom is 0.239 e. The number of likely N-dealkylation sites (tertiary alicyclic amines) is 1. The number of nitrogens with one attached hydrogen (secondary N) is 1. The van der Waals surface area contributed by atoms with Crippen molar-refractivity contribution in [1.82, 2.24) is 9.47 Å². The summed E-state index contributed by atoms with van der Waals surface area (Å²) in [5.41, 5.74) is 3.63. The van der Waals surface area contributed by atoms with Gasteiger partial charge in [0, 0.05) is 12.2 Å². The predicted molar refractivity (Wildman–Crippen MR) is 98.5 cm³/mol. The smallest absolute Gasteiger partial charge is 0.239 e. The van der Waals surface area contributed by atoms with Crippen LogP contribution in [0.2, 0.25) is 0 Å². The number of carbonyl (C=O) groups excluding carboxylic acids is 1. The maximum absolute atomic E-state index is 12.5. The second kappa shape index (κ2) is 7.54. The van der Waals surface area contributed by atoms with Crippen LogP contribution in [-0.4, -0.2) is 35.0 Å². The summed E-state index contributed by atoms with van der Waals surface area (Å²) in [6.45, 7) is 6.90. The van der Waals surface area contributed by atoms with Crippen molar-refractivity contribution in [2.24, 2.45) is 0 Å². The molecular formula is C20H24N4O. The van der Waals surface area contributed by atoms with Crippen LogP contribution in [0.1, 0.15) is 35.2 Å². The van der Waals surface area contributed by atoms with Gasteiger partial charge in [-0.3, -0.25) is 9.69 Å². The highest BCUT2D eigenvalue weighted by Gasteiger charge is 2.21. The summed E-state index contributed by atoms with van der Waals surface area (Å²) in [6.07, 6.45) is 2.30. The number of amides is 1. The fraction of sp³-hybridized carbons (Fsp3) is 0.400. The number of rotatable bonds is 5. The number of nitriles is 1. The molecule has 2 heterocycles. The van der Waals surface area contributed by atoms with Gasteiger partial charge in [0.15, 0.2) is 0 Å². The van der Waals surface area contributed by atoms with Gasteiger partial charge in [-0.2, -0.15) is 5.26 Å². The molecule has 1 amide bonds. The van der Waals surface area contributed by atoms with Crippen molar-refractivity contribution in [2.45, 2.75) is 33.2 Å². The Balaban J connectivity index is 1.86. The van der Waals surface area contributed by atoms with Crippen LogP contribution in [0.15, 0.2) is 30.3 Å². The Labute approximate surface area is 148 Å². The standard InChI is InChI=1S/C20H24N4O/c1-15-16(2)24(13-17-8-4-3-5-9-17)20(18(15)12-21)22-19(25)14-23-10-6-7-11-23/h3-5,8-9H,6-7,10-11,13-14H2,1-2H3,(H,22,25). The fourth-order valence-electron chi connectivity index (χ4n) is 3.41. The van der Waals surface area contributed by atoms with Gasteiger partial charge in [0.05, 0.1) is 12.1 Å². The fourth-order valence-corrected chi connectivity index (χ4v) is 3.41. The Morgan fingerprint density at radius 3 is 2.52 bits per heavy atom. The maximum atomic E-state index is 12.5. The molecule has 1 aromatic carbocycles. The van der Waals surface area contributed by atoms with Crippen molar-refractivity contribution in [3.8, 4) is 6.07 Å². The molecule has 1 fully saturated rings. The van der Waals surface area contributed by atoms with E-state index in [0.29, 0.717) is 24.5 Å². The Hall–Kier alpha value is -2.58. The molecule has 25 heavy (non-hydrogen) atoms. The van der Waals surface area contributed by atoms with Crippen molar-refractivity contribution in [1.29, 1.82) is 5.26 Å². The summed E-state index contributed by atoms with van der Waals surface area (Å²) in [6, 6.07) is 12.3. The van der Waals surface area contributed by atoms with Crippen LogP contribution in [0.5, 0.6) is 0 Å². The summed E-state index contributed by atoms with van der Waals surface area (Å²) < 4.78 is 2.03. The summed E-state index contributed by atoms with van der Waals surface area (Å²) in [7, 11) is 0. The van der Waals surface area contributed by atoms with E-state index in [1.54, 1.807) is 0 Å². The second-order valence-electron chi connectivity index (χ2n) is 6.65. The first-order valence-electron chi connectivity index (χ1n) is 8.76. The summed E-state index contributed by atoms with van der Waals surface area (Å²) in [4.78, 5) is 14.6. The second-order valence-corrected chi connectivity index (χ2v) is 6.65. The number of carbonyl (C=O) groups is 1. The van der Waals surface area contributed by atoms with Crippen molar-refractivity contribution < 1.29 is 4.79 Å². The van der Waals surface area contributed by atoms with Crippen molar-refractivity contribution in [2.75, 3.05) is 25.0 Å². The Kier molecular flexibility index (Phi) is 5.20. The van der Waals surface area contributed by atoms with Crippen molar-refractivity contribution in [3.05, 3.63) is 52.7 Å². The van der Waals surface area contributed by atoms with Gasteiger partial charge in [-0.1, -0.05) is 30.3 Å². The molecule has 3 rings (SSSR count). The lowest BCUT2D eigenvalue weighted by Gasteiger charge is -2.16. The zero-order chi connectivity index (χ0) is 17.8. The topological polar surface area (TPSA) is 61.1 Å². The van der Waals surface area contributed by atoms with Gasteiger partial charge in [0.25, 0.3) is 0 Å².